The van der Waals surface area contributed by atoms with E-state index in [-0.39, 0.29) is 11.3 Å². The second kappa shape index (κ2) is 5.12. The quantitative estimate of drug-likeness (QED) is 0.831. The van der Waals surface area contributed by atoms with Crippen LogP contribution < -0.4 is 10.2 Å². The first kappa shape index (κ1) is 14.0. The van der Waals surface area contributed by atoms with Gasteiger partial charge in [0.1, 0.15) is 5.75 Å². The molecule has 110 valence electrons. The van der Waals surface area contributed by atoms with Gasteiger partial charge >= 0.3 is 0 Å². The third kappa shape index (κ3) is 2.61. The minimum Gasteiger partial charge on any atom is -0.508 e. The molecule has 1 aliphatic heterocycles. The van der Waals surface area contributed by atoms with E-state index in [1.54, 1.807) is 12.1 Å². The van der Waals surface area contributed by atoms with E-state index in [9.17, 15) is 5.11 Å². The number of rotatable bonds is 1. The van der Waals surface area contributed by atoms with Crippen molar-refractivity contribution in [1.82, 2.24) is 5.32 Å². The number of phenols is 1. The molecule has 20 heavy (non-hydrogen) atoms. The van der Waals surface area contributed by atoms with Gasteiger partial charge in [-0.2, -0.15) is 0 Å². The fourth-order valence-electron chi connectivity index (χ4n) is 3.74. The van der Waals surface area contributed by atoms with Gasteiger partial charge in [-0.1, -0.05) is 24.4 Å². The molecule has 2 fully saturated rings. The highest BCUT2D eigenvalue weighted by molar-refractivity contribution is 6.33. The summed E-state index contributed by atoms with van der Waals surface area (Å²) in [5.74, 6) is 0.230. The zero-order chi connectivity index (χ0) is 14.3. The van der Waals surface area contributed by atoms with E-state index in [0.717, 1.165) is 12.2 Å². The highest BCUT2D eigenvalue weighted by Gasteiger charge is 2.40. The van der Waals surface area contributed by atoms with Crippen molar-refractivity contribution in [2.45, 2.75) is 57.2 Å². The molecule has 2 N–H and O–H groups in total. The number of hydrogen-bond acceptors (Lipinski definition) is 3. The summed E-state index contributed by atoms with van der Waals surface area (Å²) in [6.45, 7) is 5.44. The number of hydrogen-bond donors (Lipinski definition) is 2. The van der Waals surface area contributed by atoms with Crippen LogP contribution in [-0.2, 0) is 0 Å². The molecule has 0 spiro atoms. The lowest BCUT2D eigenvalue weighted by Crippen LogP contribution is -2.67. The van der Waals surface area contributed by atoms with E-state index in [2.05, 4.69) is 24.1 Å². The van der Waals surface area contributed by atoms with E-state index >= 15 is 0 Å². The molecule has 2 atom stereocenters. The fraction of sp³-hybridized carbons (Fsp3) is 0.625. The molecule has 1 saturated carbocycles. The lowest BCUT2D eigenvalue weighted by Gasteiger charge is -2.52. The Kier molecular flexibility index (Phi) is 3.59. The predicted molar refractivity (Wildman–Crippen MR) is 83.7 cm³/mol. The van der Waals surface area contributed by atoms with Crippen LogP contribution in [0.5, 0.6) is 5.75 Å². The normalized spacial score (nSPS) is 29.1. The smallest absolute Gasteiger partial charge is 0.117 e. The molecular formula is C16H23ClN2O. The Hall–Kier alpha value is -0.930. The van der Waals surface area contributed by atoms with E-state index in [4.69, 9.17) is 11.6 Å². The molecule has 0 radical (unpaired) electrons. The maximum absolute atomic E-state index is 9.56. The molecule has 1 aromatic carbocycles. The van der Waals surface area contributed by atoms with E-state index in [1.807, 2.05) is 6.07 Å². The van der Waals surface area contributed by atoms with Gasteiger partial charge in [0.15, 0.2) is 0 Å². The Morgan fingerprint density at radius 3 is 2.80 bits per heavy atom. The molecule has 1 heterocycles. The van der Waals surface area contributed by atoms with Crippen molar-refractivity contribution in [3.63, 3.8) is 0 Å². The van der Waals surface area contributed by atoms with E-state index in [1.165, 1.54) is 25.7 Å². The Bertz CT molecular complexity index is 503. The fourth-order valence-corrected chi connectivity index (χ4v) is 4.02. The molecule has 4 heteroatoms. The summed E-state index contributed by atoms with van der Waals surface area (Å²) >= 11 is 6.37. The van der Waals surface area contributed by atoms with E-state index in [0.29, 0.717) is 17.1 Å². The topological polar surface area (TPSA) is 35.5 Å². The summed E-state index contributed by atoms with van der Waals surface area (Å²) in [5.41, 5.74) is 1.13. The van der Waals surface area contributed by atoms with Crippen molar-refractivity contribution in [2.24, 2.45) is 0 Å². The Morgan fingerprint density at radius 2 is 2.05 bits per heavy atom. The molecular weight excluding hydrogens is 272 g/mol. The lowest BCUT2D eigenvalue weighted by atomic mass is 9.83. The van der Waals surface area contributed by atoms with Crippen molar-refractivity contribution in [3.05, 3.63) is 23.2 Å². The van der Waals surface area contributed by atoms with Gasteiger partial charge in [0.05, 0.1) is 10.7 Å². The number of aromatic hydroxyl groups is 1. The monoisotopic (exact) mass is 294 g/mol. The maximum atomic E-state index is 9.56. The molecule has 0 bridgehead atoms. The van der Waals surface area contributed by atoms with Crippen molar-refractivity contribution >= 4 is 17.3 Å². The predicted octanol–water partition coefficient (Wildman–Crippen LogP) is 3.55. The molecule has 2 aliphatic rings. The summed E-state index contributed by atoms with van der Waals surface area (Å²) in [4.78, 5) is 2.45. The van der Waals surface area contributed by atoms with Gasteiger partial charge in [-0.05, 0) is 38.8 Å². The number of benzene rings is 1. The van der Waals surface area contributed by atoms with Crippen molar-refractivity contribution in [3.8, 4) is 5.75 Å². The Morgan fingerprint density at radius 1 is 1.30 bits per heavy atom. The Labute approximate surface area is 125 Å². The first-order valence-corrected chi connectivity index (χ1v) is 7.87. The highest BCUT2D eigenvalue weighted by atomic mass is 35.5. The molecule has 1 saturated heterocycles. The van der Waals surface area contributed by atoms with Gasteiger partial charge in [-0.15, -0.1) is 0 Å². The average Bonchev–Trinajstić information content (AvgIpc) is 2.37. The minimum atomic E-state index is 0.0831. The number of anilines is 1. The number of halogens is 1. The van der Waals surface area contributed by atoms with Crippen LogP contribution in [0.4, 0.5) is 5.69 Å². The van der Waals surface area contributed by atoms with Crippen molar-refractivity contribution < 1.29 is 5.11 Å². The zero-order valence-corrected chi connectivity index (χ0v) is 13.0. The second-order valence-electron chi connectivity index (χ2n) is 6.75. The van der Waals surface area contributed by atoms with Crippen molar-refractivity contribution in [1.29, 1.82) is 0 Å². The van der Waals surface area contributed by atoms with Crippen LogP contribution in [0.15, 0.2) is 18.2 Å². The largest absolute Gasteiger partial charge is 0.508 e. The minimum absolute atomic E-state index is 0.0831. The van der Waals surface area contributed by atoms with Gasteiger partial charge in [0, 0.05) is 30.2 Å². The molecule has 1 aliphatic carbocycles. The number of phenolic OH excluding ortho intramolecular Hbond substituents is 1. The first-order chi connectivity index (χ1) is 9.46. The molecule has 0 amide bonds. The van der Waals surface area contributed by atoms with Crippen LogP contribution in [-0.4, -0.2) is 29.3 Å². The van der Waals surface area contributed by atoms with Gasteiger partial charge in [-0.25, -0.2) is 0 Å². The SMILES string of the molecule is CC1(C)CN(c2ccc(O)cc2Cl)[C@H]2CCCC[C@H]2N1. The maximum Gasteiger partial charge on any atom is 0.117 e. The third-order valence-corrected chi connectivity index (χ3v) is 4.82. The van der Waals surface area contributed by atoms with Crippen LogP contribution in [0.3, 0.4) is 0 Å². The van der Waals surface area contributed by atoms with Gasteiger partial charge in [0.2, 0.25) is 0 Å². The summed E-state index contributed by atoms with van der Waals surface area (Å²) in [7, 11) is 0. The summed E-state index contributed by atoms with van der Waals surface area (Å²) in [5, 5.41) is 14.0. The standard InChI is InChI=1S/C16H23ClN2O/c1-16(2)10-19(14-8-7-11(20)9-12(14)17)15-6-4-3-5-13(15)18-16/h7-9,13,15,18,20H,3-6,10H2,1-2H3/t13-,15+/m1/s1. The van der Waals surface area contributed by atoms with Gasteiger partial charge < -0.3 is 15.3 Å². The van der Waals surface area contributed by atoms with Gasteiger partial charge in [-0.3, -0.25) is 0 Å². The molecule has 1 aromatic rings. The van der Waals surface area contributed by atoms with Gasteiger partial charge in [0.25, 0.3) is 0 Å². The van der Waals surface area contributed by atoms with E-state index < -0.39 is 0 Å². The highest BCUT2D eigenvalue weighted by Crippen LogP contribution is 2.37. The third-order valence-electron chi connectivity index (χ3n) is 4.51. The molecule has 0 aromatic heterocycles. The van der Waals surface area contributed by atoms with Crippen LogP contribution in [0.2, 0.25) is 5.02 Å². The number of nitrogens with one attached hydrogen (secondary N) is 1. The van der Waals surface area contributed by atoms with Crippen LogP contribution >= 0.6 is 11.6 Å². The summed E-state index contributed by atoms with van der Waals surface area (Å²) < 4.78 is 0. The van der Waals surface area contributed by atoms with Crippen LogP contribution in [0.25, 0.3) is 0 Å². The van der Waals surface area contributed by atoms with Crippen LogP contribution in [0, 0.1) is 0 Å². The number of piperazine rings is 1. The van der Waals surface area contributed by atoms with Crippen LogP contribution in [0.1, 0.15) is 39.5 Å². The average molecular weight is 295 g/mol. The second-order valence-corrected chi connectivity index (χ2v) is 7.16. The van der Waals surface area contributed by atoms with Crippen molar-refractivity contribution in [2.75, 3.05) is 11.4 Å². The summed E-state index contributed by atoms with van der Waals surface area (Å²) in [6, 6.07) is 6.37. The first-order valence-electron chi connectivity index (χ1n) is 7.49. The number of nitrogens with zero attached hydrogens (tertiary/aromatic N) is 1. The summed E-state index contributed by atoms with van der Waals surface area (Å²) in [6.07, 6.45) is 5.04. The lowest BCUT2D eigenvalue weighted by molar-refractivity contribution is 0.199. The number of fused-ring (bicyclic) bond motifs is 1. The molecule has 0 unspecified atom stereocenters. The molecule has 3 nitrogen and oxygen atoms in total. The zero-order valence-electron chi connectivity index (χ0n) is 12.2. The Balaban J connectivity index is 1.96. The molecule has 3 rings (SSSR count).